The molecule has 0 spiro atoms. The van der Waals surface area contributed by atoms with Crippen LogP contribution in [-0.2, 0) is 16.4 Å². The highest BCUT2D eigenvalue weighted by atomic mass is 32.2. The minimum atomic E-state index is -3.68. The zero-order valence-corrected chi connectivity index (χ0v) is 34.4. The van der Waals surface area contributed by atoms with Crippen LogP contribution in [0.25, 0.3) is 44.5 Å². The van der Waals surface area contributed by atoms with Gasteiger partial charge < -0.3 is 14.2 Å². The molecule has 0 aliphatic heterocycles. The van der Waals surface area contributed by atoms with Gasteiger partial charge in [0.05, 0.1) is 16.9 Å². The van der Waals surface area contributed by atoms with Gasteiger partial charge in [0.1, 0.15) is 29.6 Å². The molecule has 0 bridgehead atoms. The first-order chi connectivity index (χ1) is 28.8. The summed E-state index contributed by atoms with van der Waals surface area (Å²) in [5.41, 5.74) is 10.4. The molecule has 0 amide bonds. The number of hydrogen-bond donors (Lipinski definition) is 0. The first kappa shape index (κ1) is 40.3. The molecule has 8 aromatic rings. The van der Waals surface area contributed by atoms with Crippen LogP contribution < -0.4 is 14.2 Å². The maximum atomic E-state index is 13.3. The summed E-state index contributed by atoms with van der Waals surface area (Å²) in [5.74, 6) is 2.84. The Morgan fingerprint density at radius 2 is 0.881 bits per heavy atom. The van der Waals surface area contributed by atoms with Crippen LogP contribution in [-0.4, -0.2) is 15.5 Å². The molecule has 6 heteroatoms. The van der Waals surface area contributed by atoms with E-state index in [1.165, 1.54) is 11.1 Å². The van der Waals surface area contributed by atoms with E-state index < -0.39 is 9.84 Å². The smallest absolute Gasteiger partial charge is 0.206 e. The SMILES string of the molecule is CC.COc1ccc(S(=O)(=O)c2ccc(COc3ccc(-c4ccc(Oc5ccc(-c6ccc(C)cc6)cc5)c(-c5ccccc5)c4)cc3-c3ccccc3)cc2)cc1. The van der Waals surface area contributed by atoms with Crippen molar-refractivity contribution in [2.75, 3.05) is 7.11 Å². The number of aryl methyl sites for hydroxylation is 1. The van der Waals surface area contributed by atoms with Crippen molar-refractivity contribution in [3.8, 4) is 67.5 Å². The Balaban J connectivity index is 0.00000260. The van der Waals surface area contributed by atoms with Crippen molar-refractivity contribution in [3.63, 3.8) is 0 Å². The van der Waals surface area contributed by atoms with Gasteiger partial charge in [0.15, 0.2) is 0 Å². The van der Waals surface area contributed by atoms with Crippen molar-refractivity contribution in [2.24, 2.45) is 0 Å². The second kappa shape index (κ2) is 18.6. The van der Waals surface area contributed by atoms with E-state index in [1.807, 2.05) is 74.5 Å². The molecule has 0 unspecified atom stereocenters. The van der Waals surface area contributed by atoms with E-state index in [4.69, 9.17) is 14.2 Å². The number of benzene rings is 8. The van der Waals surface area contributed by atoms with Gasteiger partial charge >= 0.3 is 0 Å². The third kappa shape index (κ3) is 9.47. The molecule has 0 aliphatic rings. The molecule has 0 saturated carbocycles. The Kier molecular flexibility index (Phi) is 12.7. The molecular formula is C53H46O5S. The standard InChI is InChI=1S/C51H40O5S.C2H6/c1-36-13-17-38(18-14-36)39-19-23-45(24-20-39)56-51-32-22-43(34-49(51)41-11-7-4-8-12-41)42-21-31-50(48(33-42)40-9-5-3-6-10-40)55-35-37-15-27-46(28-16-37)57(52,53)47-29-25-44(54-2)26-30-47;1-2/h3-34H,35H2,1-2H3;1-2H3. The molecular weight excluding hydrogens is 749 g/mol. The first-order valence-electron chi connectivity index (χ1n) is 19.7. The fourth-order valence-electron chi connectivity index (χ4n) is 6.73. The van der Waals surface area contributed by atoms with Gasteiger partial charge in [-0.05, 0) is 119 Å². The minimum Gasteiger partial charge on any atom is -0.497 e. The van der Waals surface area contributed by atoms with Gasteiger partial charge in [-0.15, -0.1) is 0 Å². The predicted molar refractivity (Wildman–Crippen MR) is 240 cm³/mol. The summed E-state index contributed by atoms with van der Waals surface area (Å²) in [4.78, 5) is 0.426. The number of sulfone groups is 1. The van der Waals surface area contributed by atoms with E-state index in [0.29, 0.717) is 5.75 Å². The first-order valence-corrected chi connectivity index (χ1v) is 21.2. The topological polar surface area (TPSA) is 61.8 Å². The van der Waals surface area contributed by atoms with Crippen LogP contribution >= 0.6 is 0 Å². The fraction of sp³-hybridized carbons (Fsp3) is 0.0943. The summed E-state index contributed by atoms with van der Waals surface area (Å²) in [5, 5.41) is 0. The second-order valence-electron chi connectivity index (χ2n) is 13.8. The minimum absolute atomic E-state index is 0.210. The van der Waals surface area contributed by atoms with Crippen molar-refractivity contribution in [2.45, 2.75) is 37.2 Å². The molecule has 0 atom stereocenters. The molecule has 0 N–H and O–H groups in total. The third-order valence-electron chi connectivity index (χ3n) is 9.93. The van der Waals surface area contributed by atoms with Crippen LogP contribution in [0.5, 0.6) is 23.0 Å². The predicted octanol–water partition coefficient (Wildman–Crippen LogP) is 13.9. The Morgan fingerprint density at radius 1 is 0.441 bits per heavy atom. The van der Waals surface area contributed by atoms with Crippen molar-refractivity contribution in [1.29, 1.82) is 0 Å². The fourth-order valence-corrected chi connectivity index (χ4v) is 7.99. The number of rotatable bonds is 12. The maximum Gasteiger partial charge on any atom is 0.206 e. The number of hydrogen-bond acceptors (Lipinski definition) is 5. The van der Waals surface area contributed by atoms with Crippen LogP contribution in [0.3, 0.4) is 0 Å². The van der Waals surface area contributed by atoms with E-state index in [2.05, 4.69) is 91.9 Å². The molecule has 0 radical (unpaired) electrons. The van der Waals surface area contributed by atoms with Gasteiger partial charge in [-0.3, -0.25) is 0 Å². The average Bonchev–Trinajstić information content (AvgIpc) is 3.30. The Labute approximate surface area is 348 Å². The summed E-state index contributed by atoms with van der Waals surface area (Å²) in [6.07, 6.45) is 0. The molecule has 0 fully saturated rings. The lowest BCUT2D eigenvalue weighted by atomic mass is 9.95. The van der Waals surface area contributed by atoms with Crippen molar-refractivity contribution in [1.82, 2.24) is 0 Å². The van der Waals surface area contributed by atoms with Gasteiger partial charge in [-0.25, -0.2) is 8.42 Å². The van der Waals surface area contributed by atoms with Gasteiger partial charge in [-0.2, -0.15) is 0 Å². The summed E-state index contributed by atoms with van der Waals surface area (Å²) >= 11 is 0. The molecule has 59 heavy (non-hydrogen) atoms. The van der Waals surface area contributed by atoms with Crippen LogP contribution in [0, 0.1) is 6.92 Å². The van der Waals surface area contributed by atoms with E-state index in [1.54, 1.807) is 55.6 Å². The van der Waals surface area contributed by atoms with Crippen LogP contribution in [0.1, 0.15) is 25.0 Å². The highest BCUT2D eigenvalue weighted by Crippen LogP contribution is 2.40. The summed E-state index contributed by atoms with van der Waals surface area (Å²) in [6, 6.07) is 62.9. The van der Waals surface area contributed by atoms with Gasteiger partial charge in [0.25, 0.3) is 0 Å². The lowest BCUT2D eigenvalue weighted by molar-refractivity contribution is 0.307. The number of ether oxygens (including phenoxy) is 3. The largest absolute Gasteiger partial charge is 0.497 e. The zero-order chi connectivity index (χ0) is 41.2. The lowest BCUT2D eigenvalue weighted by Gasteiger charge is -2.16. The lowest BCUT2D eigenvalue weighted by Crippen LogP contribution is -2.03. The van der Waals surface area contributed by atoms with Crippen molar-refractivity contribution in [3.05, 3.63) is 205 Å². The molecule has 8 aromatic carbocycles. The molecule has 294 valence electrons. The third-order valence-corrected chi connectivity index (χ3v) is 11.7. The molecule has 8 rings (SSSR count). The van der Waals surface area contributed by atoms with Crippen LogP contribution in [0.15, 0.2) is 204 Å². The van der Waals surface area contributed by atoms with Crippen LogP contribution in [0.4, 0.5) is 0 Å². The van der Waals surface area contributed by atoms with Crippen LogP contribution in [0.2, 0.25) is 0 Å². The summed E-state index contributed by atoms with van der Waals surface area (Å²) in [6.45, 7) is 6.36. The van der Waals surface area contributed by atoms with E-state index in [9.17, 15) is 8.42 Å². The summed E-state index contributed by atoms with van der Waals surface area (Å²) in [7, 11) is -2.13. The Morgan fingerprint density at radius 3 is 1.41 bits per heavy atom. The van der Waals surface area contributed by atoms with Gasteiger partial charge in [-0.1, -0.05) is 141 Å². The second-order valence-corrected chi connectivity index (χ2v) is 15.7. The average molecular weight is 795 g/mol. The molecule has 0 saturated heterocycles. The maximum absolute atomic E-state index is 13.3. The van der Waals surface area contributed by atoms with E-state index in [-0.39, 0.29) is 16.4 Å². The van der Waals surface area contributed by atoms with Crippen molar-refractivity contribution < 1.29 is 22.6 Å². The molecule has 5 nitrogen and oxygen atoms in total. The molecule has 0 heterocycles. The molecule has 0 aliphatic carbocycles. The highest BCUT2D eigenvalue weighted by molar-refractivity contribution is 7.91. The molecule has 0 aromatic heterocycles. The Bertz CT molecular complexity index is 2710. The summed E-state index contributed by atoms with van der Waals surface area (Å²) < 4.78 is 44.7. The van der Waals surface area contributed by atoms with E-state index >= 15 is 0 Å². The van der Waals surface area contributed by atoms with Crippen molar-refractivity contribution >= 4 is 9.84 Å². The zero-order valence-electron chi connectivity index (χ0n) is 33.6. The quantitative estimate of drug-likeness (QED) is 0.123. The number of methoxy groups -OCH3 is 1. The van der Waals surface area contributed by atoms with E-state index in [0.717, 1.165) is 61.8 Å². The normalized spacial score (nSPS) is 10.9. The van der Waals surface area contributed by atoms with Gasteiger partial charge in [0.2, 0.25) is 9.84 Å². The van der Waals surface area contributed by atoms with Gasteiger partial charge in [0, 0.05) is 11.1 Å². The Hall–Kier alpha value is -6.89. The highest BCUT2D eigenvalue weighted by Gasteiger charge is 2.18. The monoisotopic (exact) mass is 794 g/mol.